The maximum Gasteiger partial charge on any atom is 0.344 e. The van der Waals surface area contributed by atoms with Crippen LogP contribution in [0.15, 0.2) is 34.9 Å². The molecule has 1 saturated carbocycles. The Hall–Kier alpha value is -1.96. The van der Waals surface area contributed by atoms with Crippen LogP contribution in [0.1, 0.15) is 40.5 Å². The second-order valence-electron chi connectivity index (χ2n) is 5.66. The minimum atomic E-state index is -0.410. The Balaban J connectivity index is 1.75. The number of esters is 1. The predicted molar refractivity (Wildman–Crippen MR) is 92.6 cm³/mol. The normalized spacial score (nSPS) is 14.2. The molecule has 1 aliphatic carbocycles. The van der Waals surface area contributed by atoms with E-state index < -0.39 is 5.97 Å². The Morgan fingerprint density at radius 2 is 2.04 bits per heavy atom. The van der Waals surface area contributed by atoms with E-state index in [1.165, 1.54) is 0 Å². The molecule has 1 aliphatic rings. The molecule has 0 unspecified atom stereocenters. The summed E-state index contributed by atoms with van der Waals surface area (Å²) in [5.74, 6) is 0.518. The molecule has 1 aromatic carbocycles. The van der Waals surface area contributed by atoms with Gasteiger partial charge in [-0.05, 0) is 72.7 Å². The van der Waals surface area contributed by atoms with Gasteiger partial charge in [0, 0.05) is 15.2 Å². The van der Waals surface area contributed by atoms with Crippen LogP contribution in [0.4, 0.5) is 0 Å². The first kappa shape index (κ1) is 14.6. The molecule has 6 heteroatoms. The molecular formula is C17H13IN2O3. The zero-order valence-electron chi connectivity index (χ0n) is 12.4. The lowest BCUT2D eigenvalue weighted by molar-refractivity contribution is 0.0736. The fraction of sp³-hybridized carbons (Fsp3) is 0.235. The molecule has 0 aliphatic heterocycles. The summed E-state index contributed by atoms with van der Waals surface area (Å²) in [7, 11) is 0. The van der Waals surface area contributed by atoms with Crippen molar-refractivity contribution in [3.63, 3.8) is 0 Å². The number of aryl methyl sites for hydroxylation is 1. The first-order valence-electron chi connectivity index (χ1n) is 7.36. The number of nitrogens with zero attached hydrogens (tertiary/aromatic N) is 2. The van der Waals surface area contributed by atoms with Gasteiger partial charge in [0.05, 0.1) is 16.6 Å². The van der Waals surface area contributed by atoms with E-state index in [0.717, 1.165) is 22.1 Å². The number of halogens is 1. The van der Waals surface area contributed by atoms with Gasteiger partial charge in [0.25, 0.3) is 5.71 Å². The van der Waals surface area contributed by atoms with Crippen molar-refractivity contribution in [1.82, 2.24) is 10.1 Å². The van der Waals surface area contributed by atoms with Gasteiger partial charge in [0.15, 0.2) is 0 Å². The van der Waals surface area contributed by atoms with E-state index in [9.17, 15) is 4.79 Å². The summed E-state index contributed by atoms with van der Waals surface area (Å²) in [6.45, 7) is 1.80. The van der Waals surface area contributed by atoms with E-state index in [1.54, 1.807) is 19.1 Å². The number of pyridine rings is 1. The third-order valence-corrected chi connectivity index (χ3v) is 4.60. The fourth-order valence-electron chi connectivity index (χ4n) is 2.53. The van der Waals surface area contributed by atoms with E-state index in [0.29, 0.717) is 34.0 Å². The van der Waals surface area contributed by atoms with Gasteiger partial charge in [-0.25, -0.2) is 9.78 Å². The number of hydrogen-bond donors (Lipinski definition) is 0. The van der Waals surface area contributed by atoms with Crippen molar-refractivity contribution >= 4 is 39.7 Å². The highest BCUT2D eigenvalue weighted by molar-refractivity contribution is 14.1. The van der Waals surface area contributed by atoms with E-state index in [-0.39, 0.29) is 0 Å². The molecule has 0 spiro atoms. The number of benzene rings is 1. The topological polar surface area (TPSA) is 65.2 Å². The van der Waals surface area contributed by atoms with E-state index >= 15 is 0 Å². The second kappa shape index (κ2) is 5.59. The minimum Gasteiger partial charge on any atom is -0.423 e. The van der Waals surface area contributed by atoms with Crippen molar-refractivity contribution in [3.05, 3.63) is 50.9 Å². The van der Waals surface area contributed by atoms with E-state index in [4.69, 9.17) is 9.26 Å². The highest BCUT2D eigenvalue weighted by Crippen LogP contribution is 2.40. The van der Waals surface area contributed by atoms with Gasteiger partial charge >= 0.3 is 5.97 Å². The number of rotatable bonds is 3. The zero-order chi connectivity index (χ0) is 16.0. The molecule has 0 radical (unpaired) electrons. The van der Waals surface area contributed by atoms with Crippen LogP contribution in [0.2, 0.25) is 0 Å². The molecule has 116 valence electrons. The van der Waals surface area contributed by atoms with Crippen molar-refractivity contribution in [2.45, 2.75) is 25.7 Å². The Morgan fingerprint density at radius 3 is 2.74 bits per heavy atom. The number of carbonyl (C=O) groups excluding carboxylic acids is 1. The Bertz CT molecular complexity index is 898. The quantitative estimate of drug-likeness (QED) is 0.361. The summed E-state index contributed by atoms with van der Waals surface area (Å²) >= 11 is 2.21. The molecule has 0 atom stereocenters. The van der Waals surface area contributed by atoms with Crippen LogP contribution < -0.4 is 4.74 Å². The molecule has 0 N–H and O–H groups in total. The van der Waals surface area contributed by atoms with Crippen molar-refractivity contribution in [1.29, 1.82) is 0 Å². The molecule has 1 fully saturated rings. The van der Waals surface area contributed by atoms with Gasteiger partial charge in [0.2, 0.25) is 0 Å². The lowest BCUT2D eigenvalue weighted by atomic mass is 10.1. The van der Waals surface area contributed by atoms with Crippen molar-refractivity contribution in [2.75, 3.05) is 0 Å². The largest absolute Gasteiger partial charge is 0.423 e. The van der Waals surface area contributed by atoms with Gasteiger partial charge in [-0.3, -0.25) is 0 Å². The third-order valence-electron chi connectivity index (χ3n) is 3.88. The number of fused-ring (bicyclic) bond motifs is 1. The molecule has 2 aromatic heterocycles. The van der Waals surface area contributed by atoms with Crippen LogP contribution >= 0.6 is 22.6 Å². The van der Waals surface area contributed by atoms with E-state index in [2.05, 4.69) is 32.7 Å². The fourth-order valence-corrected chi connectivity index (χ4v) is 2.89. The summed E-state index contributed by atoms with van der Waals surface area (Å²) < 4.78 is 11.8. The lowest BCUT2D eigenvalue weighted by Crippen LogP contribution is -2.10. The SMILES string of the molecule is Cc1noc2nc(C3CC3)cc(C(=O)Oc3ccc(I)cc3)c12. The molecule has 5 nitrogen and oxygen atoms in total. The molecule has 4 rings (SSSR count). The smallest absolute Gasteiger partial charge is 0.344 e. The summed E-state index contributed by atoms with van der Waals surface area (Å²) in [5, 5.41) is 4.56. The standard InChI is InChI=1S/C17H13IN2O3/c1-9-15-13(17(21)22-12-6-4-11(18)5-7-12)8-14(10-2-3-10)19-16(15)23-20-9/h4-8,10H,2-3H2,1H3. The molecule has 3 aromatic rings. The zero-order valence-corrected chi connectivity index (χ0v) is 14.5. The van der Waals surface area contributed by atoms with Crippen LogP contribution in [0.5, 0.6) is 5.75 Å². The number of aromatic nitrogens is 2. The molecular weight excluding hydrogens is 407 g/mol. The van der Waals surface area contributed by atoms with Crippen molar-refractivity contribution in [3.8, 4) is 5.75 Å². The lowest BCUT2D eigenvalue weighted by Gasteiger charge is -2.07. The maximum absolute atomic E-state index is 12.6. The number of carbonyl (C=O) groups is 1. The van der Waals surface area contributed by atoms with Gasteiger partial charge in [-0.1, -0.05) is 5.16 Å². The van der Waals surface area contributed by atoms with E-state index in [1.807, 2.05) is 18.2 Å². The molecule has 0 bridgehead atoms. The molecule has 0 amide bonds. The predicted octanol–water partition coefficient (Wildman–Crippen LogP) is 4.23. The second-order valence-corrected chi connectivity index (χ2v) is 6.91. The summed E-state index contributed by atoms with van der Waals surface area (Å²) in [6.07, 6.45) is 2.19. The van der Waals surface area contributed by atoms with Gasteiger partial charge in [0.1, 0.15) is 5.75 Å². The summed E-state index contributed by atoms with van der Waals surface area (Å²) in [5.41, 5.74) is 2.39. The van der Waals surface area contributed by atoms with Crippen LogP contribution in [-0.4, -0.2) is 16.1 Å². The van der Waals surface area contributed by atoms with Gasteiger partial charge < -0.3 is 9.26 Å². The summed E-state index contributed by atoms with van der Waals surface area (Å²) in [6, 6.07) is 9.16. The maximum atomic E-state index is 12.6. The average molecular weight is 420 g/mol. The number of ether oxygens (including phenoxy) is 1. The van der Waals surface area contributed by atoms with Crippen LogP contribution in [-0.2, 0) is 0 Å². The van der Waals surface area contributed by atoms with Crippen molar-refractivity contribution in [2.24, 2.45) is 0 Å². The van der Waals surface area contributed by atoms with Crippen molar-refractivity contribution < 1.29 is 14.1 Å². The first-order valence-corrected chi connectivity index (χ1v) is 8.44. The number of hydrogen-bond acceptors (Lipinski definition) is 5. The molecule has 2 heterocycles. The third kappa shape index (κ3) is 2.83. The van der Waals surface area contributed by atoms with Crippen LogP contribution in [0.3, 0.4) is 0 Å². The Morgan fingerprint density at radius 1 is 1.30 bits per heavy atom. The van der Waals surface area contributed by atoms with Crippen LogP contribution in [0.25, 0.3) is 11.1 Å². The summed E-state index contributed by atoms with van der Waals surface area (Å²) in [4.78, 5) is 17.1. The molecule has 0 saturated heterocycles. The Labute approximate surface area is 146 Å². The van der Waals surface area contributed by atoms with Gasteiger partial charge in [-0.2, -0.15) is 0 Å². The monoisotopic (exact) mass is 420 g/mol. The molecule has 23 heavy (non-hydrogen) atoms. The average Bonchev–Trinajstić information content (AvgIpc) is 3.33. The van der Waals surface area contributed by atoms with Gasteiger partial charge in [-0.15, -0.1) is 0 Å². The highest BCUT2D eigenvalue weighted by Gasteiger charge is 2.29. The first-order chi connectivity index (χ1) is 11.1. The highest BCUT2D eigenvalue weighted by atomic mass is 127. The van der Waals surface area contributed by atoms with Crippen LogP contribution in [0, 0.1) is 10.5 Å². The Kier molecular flexibility index (Phi) is 3.56. The minimum absolute atomic E-state index is 0.404.